The minimum atomic E-state index is -1.39. The number of piperidine rings is 1. The Kier molecular flexibility index (Phi) is 5.08. The molecular weight excluding hydrogens is 346 g/mol. The van der Waals surface area contributed by atoms with Crippen LogP contribution >= 0.6 is 0 Å². The fourth-order valence-corrected chi connectivity index (χ4v) is 6.10. The van der Waals surface area contributed by atoms with Crippen molar-refractivity contribution < 1.29 is 4.79 Å². The molecule has 142 valence electrons. The number of carbonyl (C=O) groups is 1. The fourth-order valence-electron chi connectivity index (χ4n) is 4.92. The molecule has 2 aromatic carbocycles. The van der Waals surface area contributed by atoms with Gasteiger partial charge in [0.15, 0.2) is 5.78 Å². The molecule has 0 spiro atoms. The maximum Gasteiger partial charge on any atom is 0.166 e. The topological polar surface area (TPSA) is 20.3 Å². The summed E-state index contributed by atoms with van der Waals surface area (Å²) in [6.45, 7) is 8.07. The highest BCUT2D eigenvalue weighted by Gasteiger charge is 2.42. The molecule has 2 saturated heterocycles. The van der Waals surface area contributed by atoms with E-state index in [1.54, 1.807) is 0 Å². The molecule has 2 bridgehead atoms. The number of hydrogen-bond donors (Lipinski definition) is 0. The van der Waals surface area contributed by atoms with Gasteiger partial charge in [-0.2, -0.15) is 0 Å². The molecule has 2 aromatic rings. The van der Waals surface area contributed by atoms with E-state index in [1.807, 2.05) is 6.07 Å². The van der Waals surface area contributed by atoms with E-state index in [0.29, 0.717) is 17.9 Å². The summed E-state index contributed by atoms with van der Waals surface area (Å²) in [5, 5.41) is 1.39. The lowest BCUT2D eigenvalue weighted by Gasteiger charge is -2.38. The quantitative estimate of drug-likeness (QED) is 0.548. The third-order valence-corrected chi connectivity index (χ3v) is 8.52. The van der Waals surface area contributed by atoms with Gasteiger partial charge >= 0.3 is 0 Å². The average Bonchev–Trinajstić information content (AvgIpc) is 2.89. The van der Waals surface area contributed by atoms with Gasteiger partial charge in [-0.15, -0.1) is 0 Å². The molecule has 0 aliphatic carbocycles. The van der Waals surface area contributed by atoms with E-state index in [1.165, 1.54) is 23.6 Å². The summed E-state index contributed by atoms with van der Waals surface area (Å²) in [5.74, 6) is 0.581. The maximum absolute atomic E-state index is 13.3. The Bertz CT molecular complexity index is 797. The summed E-state index contributed by atoms with van der Waals surface area (Å²) in [4.78, 5) is 15.9. The van der Waals surface area contributed by atoms with Gasteiger partial charge in [0.05, 0.1) is 8.07 Å². The molecule has 0 saturated carbocycles. The van der Waals surface area contributed by atoms with Crippen molar-refractivity contribution in [3.63, 3.8) is 0 Å². The smallest absolute Gasteiger partial charge is 0.166 e. The second kappa shape index (κ2) is 7.37. The predicted molar refractivity (Wildman–Crippen MR) is 115 cm³/mol. The zero-order valence-electron chi connectivity index (χ0n) is 16.8. The van der Waals surface area contributed by atoms with Crippen LogP contribution in [0.2, 0.25) is 19.6 Å². The minimum Gasteiger partial charge on any atom is -0.294 e. The lowest BCUT2D eigenvalue weighted by Crippen LogP contribution is -2.44. The van der Waals surface area contributed by atoms with Crippen LogP contribution in [0.15, 0.2) is 54.6 Å². The molecule has 0 amide bonds. The summed E-state index contributed by atoms with van der Waals surface area (Å²) in [6.07, 6.45) is 4.55. The van der Waals surface area contributed by atoms with Gasteiger partial charge < -0.3 is 0 Å². The monoisotopic (exact) mass is 377 g/mol. The van der Waals surface area contributed by atoms with Crippen LogP contribution in [0.3, 0.4) is 0 Å². The Hall–Kier alpha value is -1.71. The SMILES string of the molecule is C[Si](C)(C)c1cccc(C(=O)C2CC3CCC(C2)N3Cc2ccccc2)c1. The molecule has 2 nitrogen and oxygen atoms in total. The highest BCUT2D eigenvalue weighted by atomic mass is 28.3. The number of fused-ring (bicyclic) bond motifs is 2. The first-order valence-corrected chi connectivity index (χ1v) is 13.9. The van der Waals surface area contributed by atoms with Gasteiger partial charge in [0, 0.05) is 30.1 Å². The number of ketones is 1. The van der Waals surface area contributed by atoms with Crippen LogP contribution in [0.25, 0.3) is 0 Å². The van der Waals surface area contributed by atoms with Gasteiger partial charge in [0.2, 0.25) is 0 Å². The van der Waals surface area contributed by atoms with Crippen molar-refractivity contribution in [2.75, 3.05) is 0 Å². The number of nitrogens with zero attached hydrogens (tertiary/aromatic N) is 1. The Morgan fingerprint density at radius 2 is 1.63 bits per heavy atom. The Labute approximate surface area is 164 Å². The molecule has 2 fully saturated rings. The zero-order valence-corrected chi connectivity index (χ0v) is 17.8. The number of rotatable bonds is 5. The van der Waals surface area contributed by atoms with Crippen LogP contribution in [0.4, 0.5) is 0 Å². The van der Waals surface area contributed by atoms with Crippen molar-refractivity contribution in [2.24, 2.45) is 5.92 Å². The molecule has 0 N–H and O–H groups in total. The van der Waals surface area contributed by atoms with Crippen LogP contribution in [-0.4, -0.2) is 30.8 Å². The summed E-state index contributed by atoms with van der Waals surface area (Å²) in [5.41, 5.74) is 2.33. The first kappa shape index (κ1) is 18.6. The van der Waals surface area contributed by atoms with E-state index in [-0.39, 0.29) is 5.92 Å². The summed E-state index contributed by atoms with van der Waals surface area (Å²) >= 11 is 0. The Morgan fingerprint density at radius 3 is 2.26 bits per heavy atom. The minimum absolute atomic E-state index is 0.200. The van der Waals surface area contributed by atoms with E-state index in [0.717, 1.165) is 24.9 Å². The van der Waals surface area contributed by atoms with Crippen molar-refractivity contribution >= 4 is 19.0 Å². The molecule has 27 heavy (non-hydrogen) atoms. The van der Waals surface area contributed by atoms with E-state index in [9.17, 15) is 4.79 Å². The largest absolute Gasteiger partial charge is 0.294 e. The summed E-state index contributed by atoms with van der Waals surface area (Å²) < 4.78 is 0. The summed E-state index contributed by atoms with van der Waals surface area (Å²) in [6, 6.07) is 20.4. The number of benzene rings is 2. The number of carbonyl (C=O) groups excluding carboxylic acids is 1. The molecule has 4 rings (SSSR count). The van der Waals surface area contributed by atoms with E-state index >= 15 is 0 Å². The molecule has 0 aromatic heterocycles. The average molecular weight is 378 g/mol. The normalized spacial score (nSPS) is 25.5. The van der Waals surface area contributed by atoms with Gasteiger partial charge in [-0.25, -0.2) is 0 Å². The molecule has 2 aliphatic heterocycles. The van der Waals surface area contributed by atoms with Crippen LogP contribution in [0.5, 0.6) is 0 Å². The van der Waals surface area contributed by atoms with Crippen molar-refractivity contribution in [2.45, 2.75) is 64.0 Å². The lowest BCUT2D eigenvalue weighted by atomic mass is 9.84. The first-order chi connectivity index (χ1) is 12.9. The molecule has 2 atom stereocenters. The molecular formula is C24H31NOSi. The fraction of sp³-hybridized carbons (Fsp3) is 0.458. The standard InChI is InChI=1S/C24H31NOSi/c1-27(2,3)23-11-7-10-19(16-23)24(26)20-14-21-12-13-22(15-20)25(21)17-18-8-5-4-6-9-18/h4-11,16,20-22H,12-15,17H2,1-3H3. The molecule has 2 heterocycles. The van der Waals surface area contributed by atoms with E-state index < -0.39 is 8.07 Å². The van der Waals surface area contributed by atoms with E-state index in [2.05, 4.69) is 73.1 Å². The molecule has 2 aliphatic rings. The van der Waals surface area contributed by atoms with Crippen LogP contribution in [0, 0.1) is 5.92 Å². The highest BCUT2D eigenvalue weighted by Crippen LogP contribution is 2.40. The highest BCUT2D eigenvalue weighted by molar-refractivity contribution is 6.88. The van der Waals surface area contributed by atoms with Gasteiger partial charge in [0.1, 0.15) is 0 Å². The van der Waals surface area contributed by atoms with Crippen molar-refractivity contribution in [3.8, 4) is 0 Å². The lowest BCUT2D eigenvalue weighted by molar-refractivity contribution is 0.0678. The van der Waals surface area contributed by atoms with Gasteiger partial charge in [-0.3, -0.25) is 9.69 Å². The molecule has 2 unspecified atom stereocenters. The van der Waals surface area contributed by atoms with Gasteiger partial charge in [-0.1, -0.05) is 79.4 Å². The van der Waals surface area contributed by atoms with Crippen LogP contribution in [0.1, 0.15) is 41.6 Å². The van der Waals surface area contributed by atoms with Crippen molar-refractivity contribution in [1.29, 1.82) is 0 Å². The number of hydrogen-bond acceptors (Lipinski definition) is 2. The number of Topliss-reactive ketones (excluding diaryl/α,β-unsaturated/α-hetero) is 1. The molecule has 0 radical (unpaired) electrons. The van der Waals surface area contributed by atoms with Crippen LogP contribution < -0.4 is 5.19 Å². The maximum atomic E-state index is 13.3. The first-order valence-electron chi connectivity index (χ1n) is 10.4. The second-order valence-corrected chi connectivity index (χ2v) is 14.5. The third-order valence-electron chi connectivity index (χ3n) is 6.48. The third kappa shape index (κ3) is 3.95. The van der Waals surface area contributed by atoms with E-state index in [4.69, 9.17) is 0 Å². The van der Waals surface area contributed by atoms with Crippen molar-refractivity contribution in [3.05, 3.63) is 65.7 Å². The predicted octanol–water partition coefficient (Wildman–Crippen LogP) is 4.86. The zero-order chi connectivity index (χ0) is 19.0. The summed E-state index contributed by atoms with van der Waals surface area (Å²) in [7, 11) is -1.39. The molecule has 3 heteroatoms. The Morgan fingerprint density at radius 1 is 0.963 bits per heavy atom. The second-order valence-electron chi connectivity index (χ2n) is 9.41. The van der Waals surface area contributed by atoms with Crippen LogP contribution in [-0.2, 0) is 6.54 Å². The Balaban J connectivity index is 1.48. The van der Waals surface area contributed by atoms with Crippen molar-refractivity contribution in [1.82, 2.24) is 4.90 Å². The van der Waals surface area contributed by atoms with Gasteiger partial charge in [0.25, 0.3) is 0 Å². The van der Waals surface area contributed by atoms with Gasteiger partial charge in [-0.05, 0) is 31.2 Å².